The smallest absolute Gasteiger partial charge is 0.261 e. The van der Waals surface area contributed by atoms with E-state index in [1.54, 1.807) is 31.2 Å². The highest BCUT2D eigenvalue weighted by Gasteiger charge is 2.30. The van der Waals surface area contributed by atoms with Crippen molar-refractivity contribution < 1.29 is 9.53 Å². The van der Waals surface area contributed by atoms with E-state index in [0.29, 0.717) is 17.3 Å². The molecule has 0 fully saturated rings. The molecule has 0 heterocycles. The fraction of sp³-hybridized carbons (Fsp3) is 0.533. The second kappa shape index (κ2) is 8.47. The third-order valence-electron chi connectivity index (χ3n) is 3.59. The summed E-state index contributed by atoms with van der Waals surface area (Å²) in [7, 11) is 0. The summed E-state index contributed by atoms with van der Waals surface area (Å²) in [6.45, 7) is 8.06. The Balaban J connectivity index is 0.00000400. The predicted molar refractivity (Wildman–Crippen MR) is 89.2 cm³/mol. The Kier molecular flexibility index (Phi) is 8.08. The van der Waals surface area contributed by atoms with Crippen molar-refractivity contribution in [1.82, 2.24) is 5.32 Å². The standard InChI is InChI=1S/C15H23ClN2O2.ClH/c1-10(2)15(4,9-17)18-14(19)11(3)20-13-7-5-6-12(16)8-13;/h5-8,10-11H,9,17H2,1-4H3,(H,18,19);1H. The molecular weight excluding hydrogens is 311 g/mol. The lowest BCUT2D eigenvalue weighted by Crippen LogP contribution is -2.57. The molecule has 6 heteroatoms. The third kappa shape index (κ3) is 5.73. The number of ether oxygens (including phenoxy) is 1. The summed E-state index contributed by atoms with van der Waals surface area (Å²) < 4.78 is 5.59. The molecule has 0 aliphatic carbocycles. The zero-order chi connectivity index (χ0) is 15.3. The molecule has 0 aromatic heterocycles. The number of nitrogens with one attached hydrogen (secondary N) is 1. The van der Waals surface area contributed by atoms with Gasteiger partial charge in [0.05, 0.1) is 5.54 Å². The molecular formula is C15H24Cl2N2O2. The zero-order valence-electron chi connectivity index (χ0n) is 12.9. The summed E-state index contributed by atoms with van der Waals surface area (Å²) in [6.07, 6.45) is -0.613. The third-order valence-corrected chi connectivity index (χ3v) is 3.82. The van der Waals surface area contributed by atoms with E-state index >= 15 is 0 Å². The van der Waals surface area contributed by atoms with Crippen LogP contribution in [0.1, 0.15) is 27.7 Å². The van der Waals surface area contributed by atoms with Gasteiger partial charge >= 0.3 is 0 Å². The SMILES string of the molecule is CC(Oc1cccc(Cl)c1)C(=O)NC(C)(CN)C(C)C.Cl. The normalized spacial score (nSPS) is 14.8. The van der Waals surface area contributed by atoms with Crippen LogP contribution in [0.25, 0.3) is 0 Å². The van der Waals surface area contributed by atoms with Gasteiger partial charge in [0.15, 0.2) is 6.10 Å². The van der Waals surface area contributed by atoms with Crippen LogP contribution in [0.3, 0.4) is 0 Å². The number of amides is 1. The number of benzene rings is 1. The van der Waals surface area contributed by atoms with Gasteiger partial charge in [-0.05, 0) is 38.0 Å². The molecule has 0 aliphatic heterocycles. The highest BCUT2D eigenvalue weighted by molar-refractivity contribution is 6.30. The van der Waals surface area contributed by atoms with Gasteiger partial charge in [-0.1, -0.05) is 31.5 Å². The van der Waals surface area contributed by atoms with E-state index in [-0.39, 0.29) is 24.2 Å². The van der Waals surface area contributed by atoms with Gasteiger partial charge in [0, 0.05) is 11.6 Å². The molecule has 0 saturated heterocycles. The predicted octanol–water partition coefficient (Wildman–Crippen LogP) is 3.02. The van der Waals surface area contributed by atoms with E-state index in [0.717, 1.165) is 0 Å². The maximum atomic E-state index is 12.2. The van der Waals surface area contributed by atoms with Crippen molar-refractivity contribution >= 4 is 29.9 Å². The van der Waals surface area contributed by atoms with Crippen LogP contribution in [-0.2, 0) is 4.79 Å². The minimum atomic E-state index is -0.613. The minimum Gasteiger partial charge on any atom is -0.481 e. The number of nitrogens with two attached hydrogens (primary N) is 1. The van der Waals surface area contributed by atoms with E-state index in [1.807, 2.05) is 20.8 Å². The molecule has 120 valence electrons. The first kappa shape index (κ1) is 20.0. The number of halogens is 2. The lowest BCUT2D eigenvalue weighted by Gasteiger charge is -2.34. The monoisotopic (exact) mass is 334 g/mol. The van der Waals surface area contributed by atoms with E-state index in [9.17, 15) is 4.79 Å². The van der Waals surface area contributed by atoms with E-state index in [1.165, 1.54) is 0 Å². The van der Waals surface area contributed by atoms with Crippen LogP contribution in [0, 0.1) is 5.92 Å². The molecule has 0 radical (unpaired) electrons. The number of hydrogen-bond acceptors (Lipinski definition) is 3. The Labute approximate surface area is 137 Å². The van der Waals surface area contributed by atoms with Crippen LogP contribution in [0.5, 0.6) is 5.75 Å². The quantitative estimate of drug-likeness (QED) is 0.840. The van der Waals surface area contributed by atoms with Crippen molar-refractivity contribution in [3.63, 3.8) is 0 Å². The van der Waals surface area contributed by atoms with Crippen LogP contribution < -0.4 is 15.8 Å². The maximum Gasteiger partial charge on any atom is 0.261 e. The highest BCUT2D eigenvalue weighted by atomic mass is 35.5. The summed E-state index contributed by atoms with van der Waals surface area (Å²) in [5, 5.41) is 3.53. The first-order chi connectivity index (χ1) is 9.28. The molecule has 2 unspecified atom stereocenters. The van der Waals surface area contributed by atoms with Gasteiger partial charge in [-0.25, -0.2) is 0 Å². The molecule has 0 aliphatic rings. The van der Waals surface area contributed by atoms with Crippen molar-refractivity contribution in [3.05, 3.63) is 29.3 Å². The lowest BCUT2D eigenvalue weighted by molar-refractivity contribution is -0.129. The number of carbonyl (C=O) groups excluding carboxylic acids is 1. The average molecular weight is 335 g/mol. The Hall–Kier alpha value is -0.970. The maximum absolute atomic E-state index is 12.2. The van der Waals surface area contributed by atoms with Crippen LogP contribution >= 0.6 is 24.0 Å². The van der Waals surface area contributed by atoms with Crippen LogP contribution in [0.2, 0.25) is 5.02 Å². The Morgan fingerprint density at radius 2 is 2.05 bits per heavy atom. The minimum absolute atomic E-state index is 0. The van der Waals surface area contributed by atoms with E-state index < -0.39 is 11.6 Å². The Bertz CT molecular complexity index is 469. The Morgan fingerprint density at radius 3 is 2.52 bits per heavy atom. The van der Waals surface area contributed by atoms with Gasteiger partial charge in [0.1, 0.15) is 5.75 Å². The molecule has 1 rings (SSSR count). The summed E-state index contributed by atoms with van der Waals surface area (Å²) in [5.74, 6) is 0.612. The molecule has 0 spiro atoms. The first-order valence-electron chi connectivity index (χ1n) is 6.73. The summed E-state index contributed by atoms with van der Waals surface area (Å²) in [4.78, 5) is 12.2. The fourth-order valence-corrected chi connectivity index (χ4v) is 1.79. The van der Waals surface area contributed by atoms with Gasteiger partial charge in [0.2, 0.25) is 0 Å². The summed E-state index contributed by atoms with van der Waals surface area (Å²) in [5.41, 5.74) is 5.31. The summed E-state index contributed by atoms with van der Waals surface area (Å²) >= 11 is 5.88. The molecule has 1 aromatic rings. The topological polar surface area (TPSA) is 64.3 Å². The second-order valence-electron chi connectivity index (χ2n) is 5.48. The summed E-state index contributed by atoms with van der Waals surface area (Å²) in [6, 6.07) is 6.97. The van der Waals surface area contributed by atoms with Crippen molar-refractivity contribution in [1.29, 1.82) is 0 Å². The molecule has 1 amide bonds. The van der Waals surface area contributed by atoms with Crippen molar-refractivity contribution in [2.45, 2.75) is 39.3 Å². The second-order valence-corrected chi connectivity index (χ2v) is 5.92. The Morgan fingerprint density at radius 1 is 1.43 bits per heavy atom. The molecule has 1 aromatic carbocycles. The highest BCUT2D eigenvalue weighted by Crippen LogP contribution is 2.19. The molecule has 4 nitrogen and oxygen atoms in total. The number of hydrogen-bond donors (Lipinski definition) is 2. The molecule has 3 N–H and O–H groups in total. The van der Waals surface area contributed by atoms with E-state index in [4.69, 9.17) is 22.1 Å². The van der Waals surface area contributed by atoms with Crippen molar-refractivity contribution in [2.24, 2.45) is 11.7 Å². The van der Waals surface area contributed by atoms with E-state index in [2.05, 4.69) is 5.32 Å². The van der Waals surface area contributed by atoms with Crippen molar-refractivity contribution in [2.75, 3.05) is 6.54 Å². The van der Waals surface area contributed by atoms with Gasteiger partial charge < -0.3 is 15.8 Å². The molecule has 2 atom stereocenters. The largest absolute Gasteiger partial charge is 0.481 e. The average Bonchev–Trinajstić information content (AvgIpc) is 2.38. The van der Waals surface area contributed by atoms with Gasteiger partial charge in [-0.3, -0.25) is 4.79 Å². The first-order valence-corrected chi connectivity index (χ1v) is 7.10. The molecule has 0 bridgehead atoms. The molecule has 21 heavy (non-hydrogen) atoms. The van der Waals surface area contributed by atoms with Gasteiger partial charge in [0.25, 0.3) is 5.91 Å². The van der Waals surface area contributed by atoms with Crippen LogP contribution in [0.15, 0.2) is 24.3 Å². The van der Waals surface area contributed by atoms with Crippen LogP contribution in [-0.4, -0.2) is 24.1 Å². The number of carbonyl (C=O) groups is 1. The van der Waals surface area contributed by atoms with Gasteiger partial charge in [-0.2, -0.15) is 0 Å². The van der Waals surface area contributed by atoms with Gasteiger partial charge in [-0.15, -0.1) is 12.4 Å². The van der Waals surface area contributed by atoms with Crippen LogP contribution in [0.4, 0.5) is 0 Å². The molecule has 0 saturated carbocycles. The zero-order valence-corrected chi connectivity index (χ0v) is 14.4. The number of rotatable bonds is 6. The fourth-order valence-electron chi connectivity index (χ4n) is 1.61. The lowest BCUT2D eigenvalue weighted by atomic mass is 9.88. The van der Waals surface area contributed by atoms with Crippen molar-refractivity contribution in [3.8, 4) is 5.75 Å².